The van der Waals surface area contributed by atoms with Gasteiger partial charge in [-0.1, -0.05) is 89.9 Å². The summed E-state index contributed by atoms with van der Waals surface area (Å²) in [7, 11) is -4.51. The number of aliphatic carboxylic acids is 1. The normalized spacial score (nSPS) is 14.1. The third kappa shape index (κ3) is 16.3. The number of carboxylic acids is 1. The molecule has 0 aliphatic rings. The largest absolute Gasteiger partial charge is 0.480 e. The van der Waals surface area contributed by atoms with Crippen LogP contribution in [0.25, 0.3) is 0 Å². The molecule has 7 nitrogen and oxygen atoms in total. The maximum absolute atomic E-state index is 10.9. The number of carboxylic acid groups (broad SMARTS) is 1. The van der Waals surface area contributed by atoms with Gasteiger partial charge in [0.2, 0.25) is 0 Å². The Kier molecular flexibility index (Phi) is 16.8. The van der Waals surface area contributed by atoms with Crippen molar-refractivity contribution in [2.24, 2.45) is 0 Å². The van der Waals surface area contributed by atoms with Gasteiger partial charge >= 0.3 is 5.97 Å². The van der Waals surface area contributed by atoms with E-state index in [1.165, 1.54) is 44.9 Å². The van der Waals surface area contributed by atoms with Crippen LogP contribution in [0, 0.1) is 0 Å². The van der Waals surface area contributed by atoms with E-state index in [0.29, 0.717) is 12.8 Å². The first kappa shape index (κ1) is 27.3. The summed E-state index contributed by atoms with van der Waals surface area (Å²) < 4.78 is 30.8. The summed E-state index contributed by atoms with van der Waals surface area (Å²) >= 11 is 0. The van der Waals surface area contributed by atoms with Crippen molar-refractivity contribution in [3.8, 4) is 0 Å². The lowest BCUT2D eigenvalue weighted by Crippen LogP contribution is -2.29. The molecule has 0 saturated heterocycles. The van der Waals surface area contributed by atoms with Gasteiger partial charge in [0.25, 0.3) is 10.1 Å². The fourth-order valence-corrected chi connectivity index (χ4v) is 4.04. The molecular formula is C20H40O7S. The van der Waals surface area contributed by atoms with Crippen LogP contribution in [-0.4, -0.2) is 52.2 Å². The second kappa shape index (κ2) is 17.2. The summed E-state index contributed by atoms with van der Waals surface area (Å²) in [6.07, 6.45) is 15.3. The van der Waals surface area contributed by atoms with E-state index in [-0.39, 0.29) is 13.0 Å². The number of carbonyl (C=O) groups is 1. The standard InChI is InChI=1S/C20H40O7S/c21-17-18(22)15-13-11-9-7-5-3-1-2-4-6-8-10-12-14-16-19(20(23)24)28(25,26)27/h18-19,21-22H,1-17H2,(H,23,24)(H,25,26,27). The highest BCUT2D eigenvalue weighted by Gasteiger charge is 2.29. The molecule has 0 fully saturated rings. The predicted molar refractivity (Wildman–Crippen MR) is 110 cm³/mol. The van der Waals surface area contributed by atoms with Crippen LogP contribution < -0.4 is 0 Å². The lowest BCUT2D eigenvalue weighted by Gasteiger charge is -2.08. The second-order valence-corrected chi connectivity index (χ2v) is 9.30. The molecule has 0 rings (SSSR count). The third-order valence-electron chi connectivity index (χ3n) is 5.10. The summed E-state index contributed by atoms with van der Waals surface area (Å²) in [5.41, 5.74) is 0. The molecule has 28 heavy (non-hydrogen) atoms. The van der Waals surface area contributed by atoms with Crippen molar-refractivity contribution in [3.05, 3.63) is 0 Å². The van der Waals surface area contributed by atoms with Crippen LogP contribution in [0.4, 0.5) is 0 Å². The van der Waals surface area contributed by atoms with Gasteiger partial charge in [0.1, 0.15) is 0 Å². The van der Waals surface area contributed by atoms with Gasteiger partial charge < -0.3 is 15.3 Å². The Hall–Kier alpha value is -0.700. The van der Waals surface area contributed by atoms with Gasteiger partial charge in [0.05, 0.1) is 12.7 Å². The van der Waals surface area contributed by atoms with Crippen LogP contribution in [-0.2, 0) is 14.9 Å². The average Bonchev–Trinajstić information content (AvgIpc) is 2.62. The quantitative estimate of drug-likeness (QED) is 0.172. The van der Waals surface area contributed by atoms with E-state index < -0.39 is 27.4 Å². The maximum Gasteiger partial charge on any atom is 0.324 e. The highest BCUT2D eigenvalue weighted by atomic mass is 32.2. The van der Waals surface area contributed by atoms with Gasteiger partial charge in [0.15, 0.2) is 5.25 Å². The third-order valence-corrected chi connectivity index (χ3v) is 6.26. The van der Waals surface area contributed by atoms with Gasteiger partial charge in [-0.2, -0.15) is 8.42 Å². The van der Waals surface area contributed by atoms with Crippen LogP contribution in [0.1, 0.15) is 103 Å². The molecular weight excluding hydrogens is 384 g/mol. The molecule has 0 aromatic rings. The first-order valence-electron chi connectivity index (χ1n) is 10.8. The summed E-state index contributed by atoms with van der Waals surface area (Å²) in [5.74, 6) is -1.48. The zero-order chi connectivity index (χ0) is 21.3. The van der Waals surface area contributed by atoms with E-state index in [4.69, 9.17) is 14.8 Å². The number of unbranched alkanes of at least 4 members (excludes halogenated alkanes) is 13. The molecule has 0 aliphatic carbocycles. The number of aliphatic hydroxyl groups is 2. The van der Waals surface area contributed by atoms with Crippen molar-refractivity contribution in [2.45, 2.75) is 114 Å². The fraction of sp³-hybridized carbons (Fsp3) is 0.950. The smallest absolute Gasteiger partial charge is 0.324 e. The second-order valence-electron chi connectivity index (χ2n) is 7.71. The molecule has 2 atom stereocenters. The molecule has 0 heterocycles. The minimum Gasteiger partial charge on any atom is -0.480 e. The van der Waals surface area contributed by atoms with Gasteiger partial charge in [-0.25, -0.2) is 0 Å². The molecule has 8 heteroatoms. The van der Waals surface area contributed by atoms with Crippen LogP contribution in [0.2, 0.25) is 0 Å². The first-order valence-corrected chi connectivity index (χ1v) is 12.3. The molecule has 0 bridgehead atoms. The molecule has 0 aliphatic heterocycles. The Morgan fingerprint density at radius 1 is 0.679 bits per heavy atom. The topological polar surface area (TPSA) is 132 Å². The van der Waals surface area contributed by atoms with Crippen molar-refractivity contribution < 1.29 is 33.1 Å². The molecule has 0 aromatic heterocycles. The van der Waals surface area contributed by atoms with Crippen molar-refractivity contribution in [1.29, 1.82) is 0 Å². The SMILES string of the molecule is O=C(O)C(CCCCCCCCCCCCCCCCC(O)CO)S(=O)(=O)O. The van der Waals surface area contributed by atoms with Crippen LogP contribution in [0.3, 0.4) is 0 Å². The maximum atomic E-state index is 10.9. The minimum absolute atomic E-state index is 0.0316. The molecule has 0 aromatic carbocycles. The number of rotatable bonds is 20. The number of aliphatic hydroxyl groups excluding tert-OH is 2. The summed E-state index contributed by atoms with van der Waals surface area (Å²) in [6.45, 7) is -0.140. The summed E-state index contributed by atoms with van der Waals surface area (Å²) in [5, 5.41) is 25.0. The van der Waals surface area contributed by atoms with Gasteiger partial charge in [0, 0.05) is 0 Å². The molecule has 0 radical (unpaired) electrons. The summed E-state index contributed by atoms with van der Waals surface area (Å²) in [6, 6.07) is 0. The molecule has 4 N–H and O–H groups in total. The van der Waals surface area contributed by atoms with E-state index in [1.807, 2.05) is 0 Å². The Bertz CT molecular complexity index is 479. The van der Waals surface area contributed by atoms with Crippen molar-refractivity contribution in [2.75, 3.05) is 6.61 Å². The minimum atomic E-state index is -4.51. The lowest BCUT2D eigenvalue weighted by atomic mass is 10.0. The summed E-state index contributed by atoms with van der Waals surface area (Å²) in [4.78, 5) is 10.8. The van der Waals surface area contributed by atoms with E-state index in [9.17, 15) is 18.3 Å². The fourth-order valence-electron chi connectivity index (χ4n) is 3.32. The average molecular weight is 425 g/mol. The highest BCUT2D eigenvalue weighted by Crippen LogP contribution is 2.15. The Labute approximate surface area is 170 Å². The lowest BCUT2D eigenvalue weighted by molar-refractivity contribution is -0.136. The zero-order valence-electron chi connectivity index (χ0n) is 17.1. The number of hydrogen-bond donors (Lipinski definition) is 4. The van der Waals surface area contributed by atoms with Crippen molar-refractivity contribution >= 4 is 16.1 Å². The molecule has 0 amide bonds. The Balaban J connectivity index is 3.33. The Morgan fingerprint density at radius 2 is 1.00 bits per heavy atom. The zero-order valence-corrected chi connectivity index (χ0v) is 17.9. The van der Waals surface area contributed by atoms with E-state index in [0.717, 1.165) is 38.5 Å². The van der Waals surface area contributed by atoms with E-state index >= 15 is 0 Å². The van der Waals surface area contributed by atoms with Gasteiger partial charge in [-0.3, -0.25) is 9.35 Å². The van der Waals surface area contributed by atoms with E-state index in [1.54, 1.807) is 0 Å². The monoisotopic (exact) mass is 424 g/mol. The first-order chi connectivity index (χ1) is 13.3. The molecule has 168 valence electrons. The van der Waals surface area contributed by atoms with Crippen molar-refractivity contribution in [3.63, 3.8) is 0 Å². The van der Waals surface area contributed by atoms with E-state index in [2.05, 4.69) is 0 Å². The van der Waals surface area contributed by atoms with Gasteiger partial charge in [-0.05, 0) is 12.8 Å². The number of hydrogen-bond acceptors (Lipinski definition) is 5. The predicted octanol–water partition coefficient (Wildman–Crippen LogP) is 3.92. The van der Waals surface area contributed by atoms with Gasteiger partial charge in [-0.15, -0.1) is 0 Å². The van der Waals surface area contributed by atoms with Crippen molar-refractivity contribution in [1.82, 2.24) is 0 Å². The highest BCUT2D eigenvalue weighted by molar-refractivity contribution is 7.87. The van der Waals surface area contributed by atoms with Crippen LogP contribution in [0.5, 0.6) is 0 Å². The van der Waals surface area contributed by atoms with Crippen LogP contribution in [0.15, 0.2) is 0 Å². The Morgan fingerprint density at radius 3 is 1.29 bits per heavy atom. The van der Waals surface area contributed by atoms with Crippen LogP contribution >= 0.6 is 0 Å². The molecule has 2 unspecified atom stereocenters. The molecule has 0 spiro atoms. The molecule has 0 saturated carbocycles.